The van der Waals surface area contributed by atoms with Gasteiger partial charge in [0.05, 0.1) is 32.5 Å². The number of hydrogen-bond acceptors (Lipinski definition) is 3. The smallest absolute Gasteiger partial charge is 0.416 e. The Morgan fingerprint density at radius 2 is 1.30 bits per heavy atom. The van der Waals surface area contributed by atoms with E-state index in [-0.39, 0.29) is 0 Å². The molecule has 0 atom stereocenters. The molecule has 2 N–H and O–H groups in total. The third-order valence-corrected chi connectivity index (χ3v) is 5.65. The van der Waals surface area contributed by atoms with Gasteiger partial charge < -0.3 is 24.0 Å². The third kappa shape index (κ3) is 4.99. The highest BCUT2D eigenvalue weighted by atomic mass is 19.4. The van der Waals surface area contributed by atoms with E-state index in [0.29, 0.717) is 29.4 Å². The van der Waals surface area contributed by atoms with E-state index in [1.54, 1.807) is 33.5 Å². The number of hydrogen-bond donors (Lipinski definition) is 2. The second-order valence-electron chi connectivity index (χ2n) is 7.50. The summed E-state index contributed by atoms with van der Waals surface area (Å²) in [5.41, 5.74) is 0.864. The molecule has 1 fully saturated rings. The van der Waals surface area contributed by atoms with Gasteiger partial charge in [-0.25, -0.2) is 0 Å². The highest BCUT2D eigenvalue weighted by Crippen LogP contribution is 2.39. The van der Waals surface area contributed by atoms with Crippen LogP contribution in [0.4, 0.5) is 13.2 Å². The van der Waals surface area contributed by atoms with Crippen LogP contribution in [0.25, 0.3) is 0 Å². The highest BCUT2D eigenvalue weighted by Gasteiger charge is 2.34. The Bertz CT molecular complexity index is 850. The Labute approximate surface area is 174 Å². The fourth-order valence-electron chi connectivity index (χ4n) is 4.10. The van der Waals surface area contributed by atoms with Crippen molar-refractivity contribution >= 4 is 0 Å². The first-order chi connectivity index (χ1) is 14.4. The normalized spacial score (nSPS) is 19.4. The lowest BCUT2D eigenvalue weighted by Gasteiger charge is -2.30. The Hall–Kier alpha value is -2.45. The van der Waals surface area contributed by atoms with E-state index in [4.69, 9.17) is 14.2 Å². The van der Waals surface area contributed by atoms with Crippen molar-refractivity contribution in [3.63, 3.8) is 0 Å². The summed E-state index contributed by atoms with van der Waals surface area (Å²) >= 11 is 0. The van der Waals surface area contributed by atoms with Crippen LogP contribution in [0, 0.1) is 0 Å². The lowest BCUT2D eigenvalue weighted by molar-refractivity contribution is -1.02. The molecule has 0 aromatic heterocycles. The summed E-state index contributed by atoms with van der Waals surface area (Å²) < 4.78 is 56.1. The molecule has 0 unspecified atom stereocenters. The minimum Gasteiger partial charge on any atom is -0.493 e. The fourth-order valence-corrected chi connectivity index (χ4v) is 4.10. The maximum absolute atomic E-state index is 13.2. The minimum atomic E-state index is -4.31. The minimum absolute atomic E-state index is 0.366. The topological polar surface area (TPSA) is 36.6 Å². The molecule has 2 aromatic rings. The van der Waals surface area contributed by atoms with Gasteiger partial charge in [-0.05, 0) is 18.2 Å². The van der Waals surface area contributed by atoms with Crippen LogP contribution in [-0.2, 0) is 19.3 Å². The molecule has 0 aliphatic carbocycles. The Morgan fingerprint density at radius 1 is 0.733 bits per heavy atom. The molecule has 0 radical (unpaired) electrons. The summed E-state index contributed by atoms with van der Waals surface area (Å²) in [5.74, 6) is 1.86. The Balaban J connectivity index is 1.64. The SMILES string of the molecule is COc1ccc(C[NH+]2CC[NH+](Cc3ccccc3C(F)(F)F)CC2)c(OC)c1OC. The maximum atomic E-state index is 13.2. The van der Waals surface area contributed by atoms with E-state index in [2.05, 4.69) is 0 Å². The van der Waals surface area contributed by atoms with Gasteiger partial charge in [0.15, 0.2) is 11.5 Å². The number of ether oxygens (including phenoxy) is 3. The molecule has 1 aliphatic rings. The van der Waals surface area contributed by atoms with E-state index >= 15 is 0 Å². The average Bonchev–Trinajstić information content (AvgIpc) is 2.74. The van der Waals surface area contributed by atoms with E-state index in [1.165, 1.54) is 21.9 Å². The van der Waals surface area contributed by atoms with Crippen molar-refractivity contribution in [1.29, 1.82) is 0 Å². The van der Waals surface area contributed by atoms with Crippen LogP contribution in [0.2, 0.25) is 0 Å². The number of piperazine rings is 1. The predicted molar refractivity (Wildman–Crippen MR) is 106 cm³/mol. The number of methoxy groups -OCH3 is 3. The average molecular weight is 426 g/mol. The molecule has 2 aromatic carbocycles. The number of nitrogens with one attached hydrogen (secondary N) is 2. The number of rotatable bonds is 7. The molecule has 30 heavy (non-hydrogen) atoms. The first kappa shape index (κ1) is 22.2. The van der Waals surface area contributed by atoms with Crippen molar-refractivity contribution < 1.29 is 37.2 Å². The van der Waals surface area contributed by atoms with Crippen molar-refractivity contribution in [3.8, 4) is 17.2 Å². The monoisotopic (exact) mass is 426 g/mol. The van der Waals surface area contributed by atoms with E-state index in [1.807, 2.05) is 12.1 Å². The summed E-state index contributed by atoms with van der Waals surface area (Å²) in [4.78, 5) is 2.54. The molecule has 3 rings (SSSR count). The van der Waals surface area contributed by atoms with Crippen LogP contribution >= 0.6 is 0 Å². The van der Waals surface area contributed by atoms with Gasteiger partial charge in [0.25, 0.3) is 0 Å². The first-order valence-corrected chi connectivity index (χ1v) is 9.97. The predicted octanol–water partition coefficient (Wildman–Crippen LogP) is 1.21. The molecule has 1 heterocycles. The second-order valence-corrected chi connectivity index (χ2v) is 7.50. The summed E-state index contributed by atoms with van der Waals surface area (Å²) in [7, 11) is 4.77. The lowest BCUT2D eigenvalue weighted by atomic mass is 10.1. The van der Waals surface area contributed by atoms with E-state index in [0.717, 1.165) is 38.3 Å². The largest absolute Gasteiger partial charge is 0.493 e. The van der Waals surface area contributed by atoms with Gasteiger partial charge in [-0.2, -0.15) is 13.2 Å². The Kier molecular flexibility index (Phi) is 7.10. The quantitative estimate of drug-likeness (QED) is 0.699. The molecule has 0 saturated carbocycles. The molecule has 0 amide bonds. The second kappa shape index (κ2) is 9.57. The van der Waals surface area contributed by atoms with Gasteiger partial charge in [-0.3, -0.25) is 0 Å². The lowest BCUT2D eigenvalue weighted by Crippen LogP contribution is -3.27. The zero-order valence-corrected chi connectivity index (χ0v) is 17.6. The van der Waals surface area contributed by atoms with Crippen LogP contribution < -0.4 is 24.0 Å². The summed E-state index contributed by atoms with van der Waals surface area (Å²) in [6, 6.07) is 9.72. The standard InChI is InChI=1S/C22H27F3N2O3/c1-28-19-9-8-17(20(29-2)21(19)30-3)15-27-12-10-26(11-13-27)14-16-6-4-5-7-18(16)22(23,24)25/h4-9H,10-15H2,1-3H3/p+2. The summed E-state index contributed by atoms with van der Waals surface area (Å²) in [6.07, 6.45) is -4.31. The molecular formula is C22H29F3N2O3+2. The number of halogens is 3. The van der Waals surface area contributed by atoms with Crippen molar-refractivity contribution in [2.24, 2.45) is 0 Å². The van der Waals surface area contributed by atoms with Crippen molar-refractivity contribution in [3.05, 3.63) is 53.1 Å². The van der Waals surface area contributed by atoms with Crippen LogP contribution in [0.15, 0.2) is 36.4 Å². The number of benzene rings is 2. The zero-order valence-electron chi connectivity index (χ0n) is 17.6. The highest BCUT2D eigenvalue weighted by molar-refractivity contribution is 5.55. The van der Waals surface area contributed by atoms with Crippen LogP contribution in [0.1, 0.15) is 16.7 Å². The first-order valence-electron chi connectivity index (χ1n) is 9.97. The van der Waals surface area contributed by atoms with Crippen molar-refractivity contribution in [2.75, 3.05) is 47.5 Å². The summed E-state index contributed by atoms with van der Waals surface area (Å²) in [5, 5.41) is 0. The van der Waals surface area contributed by atoms with Crippen LogP contribution in [0.3, 0.4) is 0 Å². The van der Waals surface area contributed by atoms with Gasteiger partial charge in [0.2, 0.25) is 5.75 Å². The van der Waals surface area contributed by atoms with Crippen molar-refractivity contribution in [2.45, 2.75) is 19.3 Å². The maximum Gasteiger partial charge on any atom is 0.416 e. The van der Waals surface area contributed by atoms with Gasteiger partial charge >= 0.3 is 6.18 Å². The fraction of sp³-hybridized carbons (Fsp3) is 0.455. The third-order valence-electron chi connectivity index (χ3n) is 5.65. The number of alkyl halides is 3. The molecule has 1 saturated heterocycles. The van der Waals surface area contributed by atoms with E-state index in [9.17, 15) is 13.2 Å². The zero-order chi connectivity index (χ0) is 21.7. The van der Waals surface area contributed by atoms with Gasteiger partial charge in [0, 0.05) is 5.56 Å². The molecule has 164 valence electrons. The van der Waals surface area contributed by atoms with Gasteiger partial charge in [0.1, 0.15) is 39.3 Å². The van der Waals surface area contributed by atoms with Crippen LogP contribution in [-0.4, -0.2) is 47.5 Å². The van der Waals surface area contributed by atoms with E-state index < -0.39 is 11.7 Å². The molecule has 5 nitrogen and oxygen atoms in total. The molecule has 0 bridgehead atoms. The molecule has 0 spiro atoms. The van der Waals surface area contributed by atoms with Crippen LogP contribution in [0.5, 0.6) is 17.2 Å². The summed E-state index contributed by atoms with van der Waals surface area (Å²) in [6.45, 7) is 4.54. The molecule has 8 heteroatoms. The van der Waals surface area contributed by atoms with Crippen molar-refractivity contribution in [1.82, 2.24) is 0 Å². The molecule has 1 aliphatic heterocycles. The number of quaternary nitrogens is 2. The van der Waals surface area contributed by atoms with Gasteiger partial charge in [-0.15, -0.1) is 0 Å². The molecular weight excluding hydrogens is 397 g/mol. The van der Waals surface area contributed by atoms with Gasteiger partial charge in [-0.1, -0.05) is 18.2 Å². The Morgan fingerprint density at radius 3 is 1.83 bits per heavy atom.